The fourth-order valence-corrected chi connectivity index (χ4v) is 2.28. The fourth-order valence-electron chi connectivity index (χ4n) is 2.17. The number of benzene rings is 1. The summed E-state index contributed by atoms with van der Waals surface area (Å²) in [5.41, 5.74) is 0.389. The molecule has 2 unspecified atom stereocenters. The first-order valence-electron chi connectivity index (χ1n) is 5.59. The molecule has 0 aromatic heterocycles. The molecule has 1 aliphatic rings. The minimum atomic E-state index is -0.878. The smallest absolute Gasteiger partial charge is 0.306 e. The van der Waals surface area contributed by atoms with E-state index >= 15 is 0 Å². The lowest BCUT2D eigenvalue weighted by Crippen LogP contribution is -2.35. The van der Waals surface area contributed by atoms with Crippen LogP contribution in [0.3, 0.4) is 0 Å². The molecule has 1 aliphatic heterocycles. The van der Waals surface area contributed by atoms with Gasteiger partial charge in [-0.1, -0.05) is 11.6 Å². The number of rotatable bonds is 2. The lowest BCUT2D eigenvalue weighted by Gasteiger charge is -2.28. The van der Waals surface area contributed by atoms with Gasteiger partial charge in [-0.3, -0.25) is 4.79 Å². The molecule has 1 fully saturated rings. The van der Waals surface area contributed by atoms with Gasteiger partial charge in [-0.2, -0.15) is 0 Å². The molecule has 18 heavy (non-hydrogen) atoms. The van der Waals surface area contributed by atoms with Gasteiger partial charge in [0.2, 0.25) is 0 Å². The van der Waals surface area contributed by atoms with Crippen LogP contribution in [0.1, 0.15) is 24.4 Å². The first-order chi connectivity index (χ1) is 8.49. The Labute approximate surface area is 108 Å². The van der Waals surface area contributed by atoms with Gasteiger partial charge in [0, 0.05) is 6.04 Å². The lowest BCUT2D eigenvalue weighted by molar-refractivity contribution is -0.143. The number of nitrogens with one attached hydrogen (secondary N) is 1. The first kappa shape index (κ1) is 13.2. The zero-order valence-corrected chi connectivity index (χ0v) is 10.2. The molecule has 0 radical (unpaired) electrons. The fraction of sp³-hybridized carbons (Fsp3) is 0.417. The minimum absolute atomic E-state index is 0.315. The summed E-state index contributed by atoms with van der Waals surface area (Å²) < 4.78 is 26.7. The number of carboxylic acid groups (broad SMARTS) is 1. The Morgan fingerprint density at radius 2 is 2.00 bits per heavy atom. The molecular formula is C12H12ClF2NO2. The second kappa shape index (κ2) is 5.20. The predicted molar refractivity (Wildman–Crippen MR) is 62.5 cm³/mol. The number of hydrogen-bond donors (Lipinski definition) is 2. The van der Waals surface area contributed by atoms with Crippen molar-refractivity contribution in [1.82, 2.24) is 5.32 Å². The third-order valence-electron chi connectivity index (χ3n) is 3.16. The van der Waals surface area contributed by atoms with Crippen LogP contribution in [0.25, 0.3) is 0 Å². The van der Waals surface area contributed by atoms with Gasteiger partial charge in [0.1, 0.15) is 16.7 Å². The van der Waals surface area contributed by atoms with Gasteiger partial charge in [0.25, 0.3) is 0 Å². The summed E-state index contributed by atoms with van der Waals surface area (Å²) in [6.45, 7) is 0.507. The highest BCUT2D eigenvalue weighted by atomic mass is 35.5. The molecule has 6 heteroatoms. The second-order valence-electron chi connectivity index (χ2n) is 4.36. The van der Waals surface area contributed by atoms with E-state index in [0.29, 0.717) is 24.9 Å². The zero-order valence-electron chi connectivity index (χ0n) is 9.42. The van der Waals surface area contributed by atoms with E-state index in [1.807, 2.05) is 0 Å². The van der Waals surface area contributed by atoms with Crippen molar-refractivity contribution in [3.05, 3.63) is 34.4 Å². The van der Waals surface area contributed by atoms with Crippen molar-refractivity contribution in [1.29, 1.82) is 0 Å². The Hall–Kier alpha value is -1.20. The molecule has 3 nitrogen and oxygen atoms in total. The Morgan fingerprint density at radius 3 is 2.56 bits per heavy atom. The Balaban J connectivity index is 2.23. The van der Waals surface area contributed by atoms with E-state index < -0.39 is 28.5 Å². The van der Waals surface area contributed by atoms with E-state index in [1.165, 1.54) is 0 Å². The maximum Gasteiger partial charge on any atom is 0.306 e. The average molecular weight is 276 g/mol. The van der Waals surface area contributed by atoms with E-state index in [2.05, 4.69) is 5.32 Å². The highest BCUT2D eigenvalue weighted by Crippen LogP contribution is 2.30. The van der Waals surface area contributed by atoms with E-state index in [1.54, 1.807) is 0 Å². The van der Waals surface area contributed by atoms with Crippen LogP contribution < -0.4 is 5.32 Å². The Kier molecular flexibility index (Phi) is 3.82. The summed E-state index contributed by atoms with van der Waals surface area (Å²) in [7, 11) is 0. The van der Waals surface area contributed by atoms with E-state index in [0.717, 1.165) is 12.1 Å². The molecule has 0 amide bonds. The van der Waals surface area contributed by atoms with Crippen LogP contribution in [0.4, 0.5) is 8.78 Å². The number of hydrogen-bond acceptors (Lipinski definition) is 2. The molecule has 2 atom stereocenters. The highest BCUT2D eigenvalue weighted by Gasteiger charge is 2.28. The van der Waals surface area contributed by atoms with Crippen molar-refractivity contribution in [3.63, 3.8) is 0 Å². The molecule has 1 saturated heterocycles. The van der Waals surface area contributed by atoms with Gasteiger partial charge in [0.05, 0.1) is 5.92 Å². The first-order valence-corrected chi connectivity index (χ1v) is 5.97. The molecule has 0 saturated carbocycles. The number of carboxylic acids is 1. The second-order valence-corrected chi connectivity index (χ2v) is 4.74. The van der Waals surface area contributed by atoms with E-state index in [9.17, 15) is 13.6 Å². The SMILES string of the molecule is O=C(O)C1CCNC(c2cc(F)c(Cl)c(F)c2)C1. The number of carbonyl (C=O) groups is 1. The van der Waals surface area contributed by atoms with Crippen LogP contribution >= 0.6 is 11.6 Å². The Bertz CT molecular complexity index is 458. The Morgan fingerprint density at radius 1 is 1.39 bits per heavy atom. The van der Waals surface area contributed by atoms with Crippen molar-refractivity contribution in [2.45, 2.75) is 18.9 Å². The van der Waals surface area contributed by atoms with Gasteiger partial charge < -0.3 is 10.4 Å². The molecule has 1 heterocycles. The van der Waals surface area contributed by atoms with Crippen molar-refractivity contribution in [2.24, 2.45) is 5.92 Å². The van der Waals surface area contributed by atoms with Crippen molar-refractivity contribution < 1.29 is 18.7 Å². The molecule has 0 bridgehead atoms. The summed E-state index contributed by atoms with van der Waals surface area (Å²) >= 11 is 5.40. The summed E-state index contributed by atoms with van der Waals surface area (Å²) in [6, 6.07) is 1.93. The quantitative estimate of drug-likeness (QED) is 0.816. The maximum atomic E-state index is 13.3. The van der Waals surface area contributed by atoms with Gasteiger partial charge in [0.15, 0.2) is 0 Å². The molecule has 0 spiro atoms. The standard InChI is InChI=1S/C12H12ClF2NO2/c13-11-8(14)3-7(4-9(11)15)10-5-6(12(17)18)1-2-16-10/h3-4,6,10,16H,1-2,5H2,(H,17,18). The number of halogens is 3. The van der Waals surface area contributed by atoms with Crippen LogP contribution in [0.15, 0.2) is 12.1 Å². The largest absolute Gasteiger partial charge is 0.481 e. The number of aliphatic carboxylic acids is 1. The van der Waals surface area contributed by atoms with Crippen molar-refractivity contribution in [2.75, 3.05) is 6.54 Å². The van der Waals surface area contributed by atoms with Crippen LogP contribution in [-0.2, 0) is 4.79 Å². The minimum Gasteiger partial charge on any atom is -0.481 e. The highest BCUT2D eigenvalue weighted by molar-refractivity contribution is 6.30. The van der Waals surface area contributed by atoms with Gasteiger partial charge in [-0.25, -0.2) is 8.78 Å². The molecular weight excluding hydrogens is 264 g/mol. The van der Waals surface area contributed by atoms with Crippen LogP contribution in [0.5, 0.6) is 0 Å². The molecule has 98 valence electrons. The predicted octanol–water partition coefficient (Wildman–Crippen LogP) is 2.74. The monoisotopic (exact) mass is 275 g/mol. The zero-order chi connectivity index (χ0) is 13.3. The number of piperidine rings is 1. The van der Waals surface area contributed by atoms with E-state index in [4.69, 9.17) is 16.7 Å². The molecule has 0 aliphatic carbocycles. The molecule has 1 aromatic rings. The third-order valence-corrected chi connectivity index (χ3v) is 3.52. The van der Waals surface area contributed by atoms with Crippen LogP contribution in [-0.4, -0.2) is 17.6 Å². The molecule has 2 rings (SSSR count). The molecule has 2 N–H and O–H groups in total. The van der Waals surface area contributed by atoms with Crippen molar-refractivity contribution in [3.8, 4) is 0 Å². The normalized spacial score (nSPS) is 23.9. The average Bonchev–Trinajstić information content (AvgIpc) is 2.35. The van der Waals surface area contributed by atoms with Crippen LogP contribution in [0.2, 0.25) is 5.02 Å². The topological polar surface area (TPSA) is 49.3 Å². The summed E-state index contributed by atoms with van der Waals surface area (Å²) in [6.07, 6.45) is 0.834. The van der Waals surface area contributed by atoms with Crippen LogP contribution in [0, 0.1) is 17.6 Å². The summed E-state index contributed by atoms with van der Waals surface area (Å²) in [4.78, 5) is 10.9. The summed E-state index contributed by atoms with van der Waals surface area (Å²) in [5.74, 6) is -3.02. The van der Waals surface area contributed by atoms with Gasteiger partial charge in [-0.15, -0.1) is 0 Å². The molecule has 1 aromatic carbocycles. The van der Waals surface area contributed by atoms with E-state index in [-0.39, 0.29) is 6.04 Å². The lowest BCUT2D eigenvalue weighted by atomic mass is 9.89. The van der Waals surface area contributed by atoms with Crippen molar-refractivity contribution >= 4 is 17.6 Å². The maximum absolute atomic E-state index is 13.3. The van der Waals surface area contributed by atoms with Gasteiger partial charge >= 0.3 is 5.97 Å². The van der Waals surface area contributed by atoms with Gasteiger partial charge in [-0.05, 0) is 37.1 Å². The third kappa shape index (κ3) is 2.62. The summed E-state index contributed by atoms with van der Waals surface area (Å²) in [5, 5.41) is 11.5.